The Morgan fingerprint density at radius 2 is 2.22 bits per heavy atom. The summed E-state index contributed by atoms with van der Waals surface area (Å²) in [6.45, 7) is 1.69. The van der Waals surface area contributed by atoms with E-state index in [0.29, 0.717) is 26.2 Å². The van der Waals surface area contributed by atoms with E-state index in [0.717, 1.165) is 11.9 Å². The topological polar surface area (TPSA) is 60.5 Å². The van der Waals surface area contributed by atoms with E-state index in [-0.39, 0.29) is 17.9 Å². The fourth-order valence-corrected chi connectivity index (χ4v) is 3.05. The second kappa shape index (κ2) is 7.53. The standard InChI is InChI=1S/C18H22N2O3/c1-22-9-7-18(21)20-17-12-23-11-14(17)10-13-6-8-19-16-5-3-2-4-15(13)16/h2-6,8,14,17H,7,9-12H2,1H3,(H,20,21)/t14-,17-/m1/s1. The van der Waals surface area contributed by atoms with Crippen molar-refractivity contribution >= 4 is 16.8 Å². The van der Waals surface area contributed by atoms with E-state index in [9.17, 15) is 4.79 Å². The van der Waals surface area contributed by atoms with Gasteiger partial charge in [0.25, 0.3) is 0 Å². The first-order chi connectivity index (χ1) is 11.3. The first-order valence-corrected chi connectivity index (χ1v) is 7.96. The molecule has 0 saturated carbocycles. The number of methoxy groups -OCH3 is 1. The lowest BCUT2D eigenvalue weighted by molar-refractivity contribution is -0.122. The van der Waals surface area contributed by atoms with Gasteiger partial charge in [0.05, 0.1) is 31.4 Å². The second-order valence-corrected chi connectivity index (χ2v) is 5.91. The first-order valence-electron chi connectivity index (χ1n) is 7.96. The zero-order valence-corrected chi connectivity index (χ0v) is 13.3. The molecule has 0 bridgehead atoms. The molecule has 3 rings (SSSR count). The SMILES string of the molecule is COCCC(=O)N[C@@H]1COC[C@H]1Cc1ccnc2ccccc12. The van der Waals surface area contributed by atoms with Gasteiger partial charge >= 0.3 is 0 Å². The Morgan fingerprint density at radius 3 is 3.09 bits per heavy atom. The van der Waals surface area contributed by atoms with Crippen molar-refractivity contribution in [3.05, 3.63) is 42.1 Å². The lowest BCUT2D eigenvalue weighted by Crippen LogP contribution is -2.40. The molecule has 2 heterocycles. The minimum Gasteiger partial charge on any atom is -0.384 e. The summed E-state index contributed by atoms with van der Waals surface area (Å²) in [7, 11) is 1.60. The Labute approximate surface area is 136 Å². The van der Waals surface area contributed by atoms with Gasteiger partial charge < -0.3 is 14.8 Å². The summed E-state index contributed by atoms with van der Waals surface area (Å²) in [6, 6.07) is 10.3. The highest BCUT2D eigenvalue weighted by atomic mass is 16.5. The molecular formula is C18H22N2O3. The third-order valence-electron chi connectivity index (χ3n) is 4.30. The average Bonchev–Trinajstić information content (AvgIpc) is 3.00. The Balaban J connectivity index is 1.69. The van der Waals surface area contributed by atoms with Crippen molar-refractivity contribution in [2.45, 2.75) is 18.9 Å². The molecule has 1 saturated heterocycles. The van der Waals surface area contributed by atoms with Gasteiger partial charge in [-0.2, -0.15) is 0 Å². The number of carbonyl (C=O) groups excluding carboxylic acids is 1. The molecule has 1 aliphatic rings. The molecule has 1 aromatic heterocycles. The Bertz CT molecular complexity index is 669. The molecule has 5 nitrogen and oxygen atoms in total. The van der Waals surface area contributed by atoms with Crippen molar-refractivity contribution in [2.24, 2.45) is 5.92 Å². The molecule has 0 unspecified atom stereocenters. The highest BCUT2D eigenvalue weighted by Gasteiger charge is 2.29. The molecule has 1 aliphatic heterocycles. The van der Waals surface area contributed by atoms with Gasteiger partial charge in [0.2, 0.25) is 5.91 Å². The Morgan fingerprint density at radius 1 is 1.35 bits per heavy atom. The van der Waals surface area contributed by atoms with Crippen LogP contribution in [0.3, 0.4) is 0 Å². The third kappa shape index (κ3) is 3.86. The number of hydrogen-bond acceptors (Lipinski definition) is 4. The molecule has 0 radical (unpaired) electrons. The molecule has 1 fully saturated rings. The maximum absolute atomic E-state index is 11.9. The number of benzene rings is 1. The van der Waals surface area contributed by atoms with Crippen molar-refractivity contribution in [3.8, 4) is 0 Å². The molecule has 1 aromatic carbocycles. The minimum absolute atomic E-state index is 0.0203. The van der Waals surface area contributed by atoms with Crippen molar-refractivity contribution in [3.63, 3.8) is 0 Å². The zero-order chi connectivity index (χ0) is 16.1. The first kappa shape index (κ1) is 15.9. The van der Waals surface area contributed by atoms with E-state index >= 15 is 0 Å². The Kier molecular flexibility index (Phi) is 5.20. The average molecular weight is 314 g/mol. The van der Waals surface area contributed by atoms with Crippen LogP contribution >= 0.6 is 0 Å². The van der Waals surface area contributed by atoms with Gasteiger partial charge in [0, 0.05) is 31.0 Å². The molecular weight excluding hydrogens is 292 g/mol. The normalized spacial score (nSPS) is 20.7. The summed E-state index contributed by atoms with van der Waals surface area (Å²) in [5.41, 5.74) is 2.26. The van der Waals surface area contributed by atoms with E-state index in [1.54, 1.807) is 7.11 Å². The van der Waals surface area contributed by atoms with Crippen molar-refractivity contribution < 1.29 is 14.3 Å². The molecule has 1 amide bonds. The number of pyridine rings is 1. The predicted molar refractivity (Wildman–Crippen MR) is 88.2 cm³/mol. The van der Waals surface area contributed by atoms with Crippen molar-refractivity contribution in [2.75, 3.05) is 26.9 Å². The molecule has 2 atom stereocenters. The molecule has 122 valence electrons. The van der Waals surface area contributed by atoms with Gasteiger partial charge in [-0.1, -0.05) is 18.2 Å². The smallest absolute Gasteiger partial charge is 0.222 e. The summed E-state index contributed by atoms with van der Waals surface area (Å²) < 4.78 is 10.5. The molecule has 1 N–H and O–H groups in total. The number of hydrogen-bond donors (Lipinski definition) is 1. The highest BCUT2D eigenvalue weighted by Crippen LogP contribution is 2.24. The van der Waals surface area contributed by atoms with Crippen LogP contribution in [-0.4, -0.2) is 43.9 Å². The molecule has 2 aromatic rings. The summed E-state index contributed by atoms with van der Waals surface area (Å²) in [4.78, 5) is 16.3. The van der Waals surface area contributed by atoms with Gasteiger partial charge in [-0.25, -0.2) is 0 Å². The number of rotatable bonds is 6. The zero-order valence-electron chi connectivity index (χ0n) is 13.3. The van der Waals surface area contributed by atoms with E-state index < -0.39 is 0 Å². The number of fused-ring (bicyclic) bond motifs is 1. The van der Waals surface area contributed by atoms with Gasteiger partial charge in [0.1, 0.15) is 0 Å². The van der Waals surface area contributed by atoms with Gasteiger partial charge in [-0.3, -0.25) is 9.78 Å². The maximum Gasteiger partial charge on any atom is 0.222 e. The van der Waals surface area contributed by atoms with Crippen LogP contribution in [0, 0.1) is 5.92 Å². The van der Waals surface area contributed by atoms with Crippen LogP contribution < -0.4 is 5.32 Å². The monoisotopic (exact) mass is 314 g/mol. The van der Waals surface area contributed by atoms with E-state index in [2.05, 4.69) is 22.4 Å². The number of nitrogens with zero attached hydrogens (tertiary/aromatic N) is 1. The highest BCUT2D eigenvalue weighted by molar-refractivity contribution is 5.81. The largest absolute Gasteiger partial charge is 0.384 e. The summed E-state index contributed by atoms with van der Waals surface area (Å²) in [5.74, 6) is 0.305. The number of aromatic nitrogens is 1. The van der Waals surface area contributed by atoms with Gasteiger partial charge in [-0.05, 0) is 24.1 Å². The van der Waals surface area contributed by atoms with E-state index in [1.165, 1.54) is 10.9 Å². The number of nitrogens with one attached hydrogen (secondary N) is 1. The minimum atomic E-state index is 0.0203. The lowest BCUT2D eigenvalue weighted by Gasteiger charge is -2.19. The van der Waals surface area contributed by atoms with Gasteiger partial charge in [-0.15, -0.1) is 0 Å². The fourth-order valence-electron chi connectivity index (χ4n) is 3.05. The van der Waals surface area contributed by atoms with Gasteiger partial charge in [0.15, 0.2) is 0 Å². The van der Waals surface area contributed by atoms with Crippen LogP contribution in [0.2, 0.25) is 0 Å². The van der Waals surface area contributed by atoms with Crippen LogP contribution in [0.15, 0.2) is 36.5 Å². The summed E-state index contributed by atoms with van der Waals surface area (Å²) in [5, 5.41) is 4.25. The van der Waals surface area contributed by atoms with Crippen LogP contribution in [0.1, 0.15) is 12.0 Å². The van der Waals surface area contributed by atoms with Crippen LogP contribution in [0.4, 0.5) is 0 Å². The van der Waals surface area contributed by atoms with E-state index in [4.69, 9.17) is 9.47 Å². The summed E-state index contributed by atoms with van der Waals surface area (Å²) >= 11 is 0. The van der Waals surface area contributed by atoms with E-state index in [1.807, 2.05) is 24.4 Å². The fraction of sp³-hybridized carbons (Fsp3) is 0.444. The molecule has 5 heteroatoms. The predicted octanol–water partition coefficient (Wildman–Crippen LogP) is 1.94. The number of para-hydroxylation sites is 1. The third-order valence-corrected chi connectivity index (χ3v) is 4.30. The summed E-state index contributed by atoms with van der Waals surface area (Å²) in [6.07, 6.45) is 3.11. The number of carbonyl (C=O) groups is 1. The molecule has 23 heavy (non-hydrogen) atoms. The van der Waals surface area contributed by atoms with Crippen LogP contribution in [0.25, 0.3) is 10.9 Å². The lowest BCUT2D eigenvalue weighted by atomic mass is 9.93. The molecule has 0 aliphatic carbocycles. The number of ether oxygens (including phenoxy) is 2. The quantitative estimate of drug-likeness (QED) is 0.885. The molecule has 0 spiro atoms. The second-order valence-electron chi connectivity index (χ2n) is 5.91. The van der Waals surface area contributed by atoms with Crippen LogP contribution in [0.5, 0.6) is 0 Å². The van der Waals surface area contributed by atoms with Crippen molar-refractivity contribution in [1.29, 1.82) is 0 Å². The Hall–Kier alpha value is -1.98. The van der Waals surface area contributed by atoms with Crippen LogP contribution in [-0.2, 0) is 20.7 Å². The number of amides is 1. The maximum atomic E-state index is 11.9. The van der Waals surface area contributed by atoms with Crippen molar-refractivity contribution in [1.82, 2.24) is 10.3 Å².